The summed E-state index contributed by atoms with van der Waals surface area (Å²) in [5.74, 6) is 3.56. The molecule has 0 amide bonds. The molecule has 1 heterocycles. The molecule has 3 N–H and O–H groups in total. The fraction of sp³-hybridized carbons (Fsp3) is 0.308. The molecule has 0 saturated carbocycles. The molecule has 0 saturated heterocycles. The average molecular weight is 251 g/mol. The van der Waals surface area contributed by atoms with Crippen LogP contribution in [-0.2, 0) is 5.41 Å². The lowest BCUT2D eigenvalue weighted by Crippen LogP contribution is -2.16. The van der Waals surface area contributed by atoms with Crippen LogP contribution in [0.1, 0.15) is 26.5 Å². The number of benzene rings is 1. The van der Waals surface area contributed by atoms with Crippen molar-refractivity contribution in [1.29, 1.82) is 0 Å². The van der Waals surface area contributed by atoms with Gasteiger partial charge in [0.25, 0.3) is 0 Å². The topological polar surface area (TPSA) is 50.9 Å². The van der Waals surface area contributed by atoms with Crippen molar-refractivity contribution in [2.24, 2.45) is 5.84 Å². The minimum atomic E-state index is -0.949. The molecule has 2 aromatic rings. The largest absolute Gasteiger partial charge is 0.323 e. The SMILES string of the molecule is CC(C)(C)c1cc(NN)c2ccc(F)c(F)c2n1. The molecule has 0 aliphatic carbocycles. The van der Waals surface area contributed by atoms with Gasteiger partial charge in [-0.1, -0.05) is 20.8 Å². The molecule has 0 unspecified atom stereocenters. The molecule has 18 heavy (non-hydrogen) atoms. The number of nitrogens with two attached hydrogens (primary N) is 1. The molecule has 5 heteroatoms. The normalized spacial score (nSPS) is 11.9. The van der Waals surface area contributed by atoms with Crippen LogP contribution in [0.5, 0.6) is 0 Å². The number of hydrogen-bond acceptors (Lipinski definition) is 3. The highest BCUT2D eigenvalue weighted by Gasteiger charge is 2.20. The van der Waals surface area contributed by atoms with Gasteiger partial charge >= 0.3 is 0 Å². The van der Waals surface area contributed by atoms with Gasteiger partial charge in [-0.25, -0.2) is 13.8 Å². The number of nitrogen functional groups attached to an aromatic ring is 1. The van der Waals surface area contributed by atoms with Gasteiger partial charge in [-0.3, -0.25) is 5.84 Å². The van der Waals surface area contributed by atoms with Gasteiger partial charge in [-0.15, -0.1) is 0 Å². The zero-order valence-corrected chi connectivity index (χ0v) is 10.5. The van der Waals surface area contributed by atoms with Gasteiger partial charge in [0.05, 0.1) is 5.69 Å². The zero-order valence-electron chi connectivity index (χ0n) is 10.5. The summed E-state index contributed by atoms with van der Waals surface area (Å²) < 4.78 is 27.0. The third-order valence-electron chi connectivity index (χ3n) is 2.80. The van der Waals surface area contributed by atoms with Crippen molar-refractivity contribution in [3.05, 3.63) is 35.5 Å². The van der Waals surface area contributed by atoms with Gasteiger partial charge in [0.2, 0.25) is 0 Å². The molecule has 0 spiro atoms. The monoisotopic (exact) mass is 251 g/mol. The highest BCUT2D eigenvalue weighted by atomic mass is 19.2. The maximum absolute atomic E-state index is 13.8. The Kier molecular flexibility index (Phi) is 2.94. The predicted octanol–water partition coefficient (Wildman–Crippen LogP) is 3.10. The molecule has 1 aromatic heterocycles. The Morgan fingerprint density at radius 2 is 1.89 bits per heavy atom. The van der Waals surface area contributed by atoms with Gasteiger partial charge in [0.1, 0.15) is 5.52 Å². The molecular formula is C13H15F2N3. The summed E-state index contributed by atoms with van der Waals surface area (Å²) in [5.41, 5.74) is 3.39. The molecule has 0 atom stereocenters. The van der Waals surface area contributed by atoms with E-state index in [1.165, 1.54) is 6.07 Å². The van der Waals surface area contributed by atoms with E-state index in [4.69, 9.17) is 5.84 Å². The van der Waals surface area contributed by atoms with Crippen LogP contribution in [0.2, 0.25) is 0 Å². The number of nitrogens with one attached hydrogen (secondary N) is 1. The van der Waals surface area contributed by atoms with Gasteiger partial charge in [0.15, 0.2) is 11.6 Å². The van der Waals surface area contributed by atoms with E-state index in [1.54, 1.807) is 6.07 Å². The number of nitrogens with zero attached hydrogens (tertiary/aromatic N) is 1. The van der Waals surface area contributed by atoms with E-state index in [-0.39, 0.29) is 10.9 Å². The second-order valence-electron chi connectivity index (χ2n) is 5.21. The molecule has 1 aromatic carbocycles. The second-order valence-corrected chi connectivity index (χ2v) is 5.21. The van der Waals surface area contributed by atoms with Crippen molar-refractivity contribution < 1.29 is 8.78 Å². The van der Waals surface area contributed by atoms with Crippen LogP contribution < -0.4 is 11.3 Å². The van der Waals surface area contributed by atoms with Gasteiger partial charge in [-0.05, 0) is 18.2 Å². The van der Waals surface area contributed by atoms with E-state index in [2.05, 4.69) is 10.4 Å². The number of rotatable bonds is 1. The van der Waals surface area contributed by atoms with Crippen molar-refractivity contribution in [3.8, 4) is 0 Å². The van der Waals surface area contributed by atoms with E-state index in [9.17, 15) is 8.78 Å². The first-order valence-corrected chi connectivity index (χ1v) is 5.60. The summed E-state index contributed by atoms with van der Waals surface area (Å²) in [6.07, 6.45) is 0. The van der Waals surface area contributed by atoms with E-state index < -0.39 is 11.6 Å². The molecule has 3 nitrogen and oxygen atoms in total. The Bertz CT molecular complexity index is 603. The van der Waals surface area contributed by atoms with Crippen LogP contribution in [0.15, 0.2) is 18.2 Å². The number of halogens is 2. The third-order valence-corrected chi connectivity index (χ3v) is 2.80. The number of pyridine rings is 1. The molecule has 0 radical (unpaired) electrons. The molecule has 0 bridgehead atoms. The Morgan fingerprint density at radius 3 is 2.44 bits per heavy atom. The highest BCUT2D eigenvalue weighted by Crippen LogP contribution is 2.30. The van der Waals surface area contributed by atoms with E-state index in [0.29, 0.717) is 16.8 Å². The van der Waals surface area contributed by atoms with Crippen LogP contribution >= 0.6 is 0 Å². The van der Waals surface area contributed by atoms with Crippen molar-refractivity contribution in [2.75, 3.05) is 5.43 Å². The smallest absolute Gasteiger partial charge is 0.185 e. The number of hydrogen-bond donors (Lipinski definition) is 2. The molecule has 96 valence electrons. The lowest BCUT2D eigenvalue weighted by molar-refractivity contribution is 0.513. The predicted molar refractivity (Wildman–Crippen MR) is 68.2 cm³/mol. The Morgan fingerprint density at radius 1 is 1.22 bits per heavy atom. The van der Waals surface area contributed by atoms with Crippen LogP contribution in [0.25, 0.3) is 10.9 Å². The third kappa shape index (κ3) is 2.01. The highest BCUT2D eigenvalue weighted by molar-refractivity contribution is 5.91. The molecule has 0 fully saturated rings. The van der Waals surface area contributed by atoms with Crippen molar-refractivity contribution in [2.45, 2.75) is 26.2 Å². The van der Waals surface area contributed by atoms with Crippen LogP contribution in [0.4, 0.5) is 14.5 Å². The lowest BCUT2D eigenvalue weighted by Gasteiger charge is -2.20. The summed E-state index contributed by atoms with van der Waals surface area (Å²) >= 11 is 0. The summed E-state index contributed by atoms with van der Waals surface area (Å²) in [4.78, 5) is 4.20. The van der Waals surface area contributed by atoms with E-state index in [0.717, 1.165) is 6.07 Å². The second kappa shape index (κ2) is 4.17. The maximum Gasteiger partial charge on any atom is 0.185 e. The maximum atomic E-state index is 13.8. The standard InChI is InChI=1S/C13H15F2N3/c1-13(2,3)10-6-9(18-16)7-4-5-8(14)11(15)12(7)17-10/h4-6H,16H2,1-3H3,(H,17,18). The summed E-state index contributed by atoms with van der Waals surface area (Å²) in [7, 11) is 0. The quantitative estimate of drug-likeness (QED) is 0.605. The molecular weight excluding hydrogens is 236 g/mol. The van der Waals surface area contributed by atoms with Crippen LogP contribution in [0, 0.1) is 11.6 Å². The van der Waals surface area contributed by atoms with Gasteiger partial charge < -0.3 is 5.43 Å². The number of hydrazine groups is 1. The van der Waals surface area contributed by atoms with Crippen molar-refractivity contribution in [1.82, 2.24) is 4.98 Å². The fourth-order valence-electron chi connectivity index (χ4n) is 1.74. The average Bonchev–Trinajstić information content (AvgIpc) is 2.31. The van der Waals surface area contributed by atoms with E-state index >= 15 is 0 Å². The Hall–Kier alpha value is -1.75. The number of anilines is 1. The summed E-state index contributed by atoms with van der Waals surface area (Å²) in [6, 6.07) is 4.28. The molecule has 0 aliphatic rings. The first-order chi connectivity index (χ1) is 8.34. The fourth-order valence-corrected chi connectivity index (χ4v) is 1.74. The van der Waals surface area contributed by atoms with Crippen LogP contribution in [0.3, 0.4) is 0 Å². The van der Waals surface area contributed by atoms with E-state index in [1.807, 2.05) is 20.8 Å². The number of fused-ring (bicyclic) bond motifs is 1. The Balaban J connectivity index is 2.85. The number of aromatic nitrogens is 1. The minimum Gasteiger partial charge on any atom is -0.323 e. The molecule has 2 rings (SSSR count). The van der Waals surface area contributed by atoms with Crippen molar-refractivity contribution in [3.63, 3.8) is 0 Å². The first-order valence-electron chi connectivity index (χ1n) is 5.60. The Labute approximate surface area is 104 Å². The van der Waals surface area contributed by atoms with Crippen molar-refractivity contribution >= 4 is 16.6 Å². The lowest BCUT2D eigenvalue weighted by atomic mass is 9.91. The van der Waals surface area contributed by atoms with Gasteiger partial charge in [0, 0.05) is 16.5 Å². The zero-order chi connectivity index (χ0) is 13.5. The minimum absolute atomic E-state index is 0.00428. The first kappa shape index (κ1) is 12.7. The van der Waals surface area contributed by atoms with Gasteiger partial charge in [-0.2, -0.15) is 0 Å². The summed E-state index contributed by atoms with van der Waals surface area (Å²) in [5, 5.41) is 0.462. The summed E-state index contributed by atoms with van der Waals surface area (Å²) in [6.45, 7) is 5.83. The van der Waals surface area contributed by atoms with Crippen LogP contribution in [-0.4, -0.2) is 4.98 Å². The molecule has 0 aliphatic heterocycles.